The predicted octanol–water partition coefficient (Wildman–Crippen LogP) is 1.65. The Kier molecular flexibility index (Phi) is 5.37. The molecule has 1 saturated heterocycles. The number of pyridine rings is 1. The highest BCUT2D eigenvalue weighted by atomic mass is 32.1. The minimum absolute atomic E-state index is 0.132. The molecule has 24 heavy (non-hydrogen) atoms. The number of anilines is 1. The zero-order valence-electron chi connectivity index (χ0n) is 13.9. The number of rotatable bonds is 5. The molecular weight excluding hydrogens is 326 g/mol. The fraction of sp³-hybridized carbons (Fsp3) is 0.500. The van der Waals surface area contributed by atoms with E-state index in [1.807, 2.05) is 19.1 Å². The average molecular weight is 347 g/mol. The second-order valence-electron chi connectivity index (χ2n) is 5.74. The molecule has 1 atom stereocenters. The Hall–Kier alpha value is -2.06. The molecule has 2 aromatic rings. The van der Waals surface area contributed by atoms with Crippen LogP contribution in [0.2, 0.25) is 0 Å². The normalized spacial score (nSPS) is 17.8. The lowest BCUT2D eigenvalue weighted by molar-refractivity contribution is 0.0529. The highest BCUT2D eigenvalue weighted by Crippen LogP contribution is 2.16. The van der Waals surface area contributed by atoms with Gasteiger partial charge in [0.2, 0.25) is 0 Å². The molecule has 1 fully saturated rings. The van der Waals surface area contributed by atoms with E-state index in [1.165, 1.54) is 0 Å². The van der Waals surface area contributed by atoms with Gasteiger partial charge < -0.3 is 15.0 Å². The molecule has 3 heterocycles. The lowest BCUT2D eigenvalue weighted by atomic mass is 10.2. The van der Waals surface area contributed by atoms with Crippen LogP contribution in [0.25, 0.3) is 0 Å². The second-order valence-corrected chi connectivity index (χ2v) is 6.49. The van der Waals surface area contributed by atoms with Crippen LogP contribution in [-0.4, -0.2) is 46.3 Å². The highest BCUT2D eigenvalue weighted by Gasteiger charge is 2.18. The Bertz CT molecular complexity index is 688. The van der Waals surface area contributed by atoms with Gasteiger partial charge in [0.05, 0.1) is 18.4 Å². The topological polar surface area (TPSA) is 80.2 Å². The Morgan fingerprint density at radius 2 is 2.38 bits per heavy atom. The van der Waals surface area contributed by atoms with Gasteiger partial charge in [-0.3, -0.25) is 4.79 Å². The summed E-state index contributed by atoms with van der Waals surface area (Å²) in [7, 11) is 0. The van der Waals surface area contributed by atoms with Crippen LogP contribution >= 0.6 is 11.5 Å². The van der Waals surface area contributed by atoms with Gasteiger partial charge in [-0.2, -0.15) is 0 Å². The van der Waals surface area contributed by atoms with Gasteiger partial charge in [-0.25, -0.2) is 4.98 Å². The third-order valence-electron chi connectivity index (χ3n) is 3.92. The van der Waals surface area contributed by atoms with E-state index in [0.717, 1.165) is 48.3 Å². The molecule has 1 unspecified atom stereocenters. The summed E-state index contributed by atoms with van der Waals surface area (Å²) < 4.78 is 9.39. The second kappa shape index (κ2) is 7.67. The molecule has 0 saturated carbocycles. The highest BCUT2D eigenvalue weighted by molar-refractivity contribution is 7.08. The zero-order valence-corrected chi connectivity index (χ0v) is 14.7. The average Bonchev–Trinajstić information content (AvgIpc) is 3.09. The third kappa shape index (κ3) is 3.88. The van der Waals surface area contributed by atoms with E-state index in [1.54, 1.807) is 6.20 Å². The number of ether oxygens (including phenoxy) is 1. The maximum absolute atomic E-state index is 12.2. The number of hydrogen-bond donors (Lipinski definition) is 1. The molecule has 0 radical (unpaired) electrons. The standard InChI is InChI=1S/C16H21N5O2S/c1-3-13-15(24-20-19-13)16(22)18-9-12-4-5-14(17-8-12)21-6-7-23-11(2)10-21/h4-5,8,11H,3,6-7,9-10H2,1-2H3,(H,18,22). The van der Waals surface area contributed by atoms with Crippen LogP contribution in [0.4, 0.5) is 5.82 Å². The fourth-order valence-corrected chi connectivity index (χ4v) is 3.28. The summed E-state index contributed by atoms with van der Waals surface area (Å²) in [5.41, 5.74) is 1.70. The smallest absolute Gasteiger partial charge is 0.265 e. The lowest BCUT2D eigenvalue weighted by Crippen LogP contribution is -2.41. The number of morpholine rings is 1. The van der Waals surface area contributed by atoms with Gasteiger partial charge in [0.15, 0.2) is 0 Å². The number of carbonyl (C=O) groups is 1. The van der Waals surface area contributed by atoms with E-state index < -0.39 is 0 Å². The predicted molar refractivity (Wildman–Crippen MR) is 92.3 cm³/mol. The van der Waals surface area contributed by atoms with Gasteiger partial charge in [0.1, 0.15) is 10.7 Å². The summed E-state index contributed by atoms with van der Waals surface area (Å²) in [4.78, 5) is 19.5. The SMILES string of the molecule is CCc1nnsc1C(=O)NCc1ccc(N2CCOC(C)C2)nc1. The maximum Gasteiger partial charge on any atom is 0.265 e. The van der Waals surface area contributed by atoms with Crippen LogP contribution in [-0.2, 0) is 17.7 Å². The number of nitrogens with one attached hydrogen (secondary N) is 1. The van der Waals surface area contributed by atoms with Crippen molar-refractivity contribution in [1.82, 2.24) is 19.9 Å². The Morgan fingerprint density at radius 1 is 1.50 bits per heavy atom. The van der Waals surface area contributed by atoms with Crippen molar-refractivity contribution < 1.29 is 9.53 Å². The maximum atomic E-state index is 12.2. The number of amides is 1. The molecule has 1 aliphatic rings. The van der Waals surface area contributed by atoms with Crippen molar-refractivity contribution in [3.63, 3.8) is 0 Å². The van der Waals surface area contributed by atoms with E-state index in [2.05, 4.69) is 31.7 Å². The molecule has 1 amide bonds. The molecule has 0 aliphatic carbocycles. The van der Waals surface area contributed by atoms with E-state index in [-0.39, 0.29) is 12.0 Å². The molecule has 1 N–H and O–H groups in total. The molecule has 3 rings (SSSR count). The molecule has 8 heteroatoms. The van der Waals surface area contributed by atoms with Crippen LogP contribution in [0, 0.1) is 0 Å². The van der Waals surface area contributed by atoms with Crippen molar-refractivity contribution >= 4 is 23.3 Å². The van der Waals surface area contributed by atoms with E-state index >= 15 is 0 Å². The van der Waals surface area contributed by atoms with Gasteiger partial charge in [-0.1, -0.05) is 17.5 Å². The van der Waals surface area contributed by atoms with Crippen molar-refractivity contribution in [2.45, 2.75) is 32.9 Å². The van der Waals surface area contributed by atoms with Crippen LogP contribution in [0.3, 0.4) is 0 Å². The number of nitrogens with zero attached hydrogens (tertiary/aromatic N) is 4. The zero-order chi connectivity index (χ0) is 16.9. The van der Waals surface area contributed by atoms with Crippen LogP contribution in [0.1, 0.15) is 34.8 Å². The van der Waals surface area contributed by atoms with E-state index in [0.29, 0.717) is 17.8 Å². The van der Waals surface area contributed by atoms with Crippen molar-refractivity contribution in [2.75, 3.05) is 24.6 Å². The van der Waals surface area contributed by atoms with E-state index in [9.17, 15) is 4.79 Å². The van der Waals surface area contributed by atoms with Crippen LogP contribution < -0.4 is 10.2 Å². The van der Waals surface area contributed by atoms with Crippen molar-refractivity contribution in [2.24, 2.45) is 0 Å². The first-order chi connectivity index (χ1) is 11.7. The minimum atomic E-state index is -0.132. The van der Waals surface area contributed by atoms with Gasteiger partial charge in [-0.05, 0) is 36.5 Å². The molecule has 2 aromatic heterocycles. The number of carbonyl (C=O) groups excluding carboxylic acids is 1. The van der Waals surface area contributed by atoms with E-state index in [4.69, 9.17) is 4.74 Å². The summed E-state index contributed by atoms with van der Waals surface area (Å²) in [5, 5.41) is 6.86. The summed E-state index contributed by atoms with van der Waals surface area (Å²) >= 11 is 1.13. The first-order valence-corrected chi connectivity index (χ1v) is 8.85. The first kappa shape index (κ1) is 16.8. The number of aryl methyl sites for hydroxylation is 1. The molecule has 7 nitrogen and oxygen atoms in total. The molecule has 0 bridgehead atoms. The Balaban J connectivity index is 1.57. The molecule has 128 valence electrons. The molecule has 0 aromatic carbocycles. The number of aromatic nitrogens is 3. The first-order valence-electron chi connectivity index (χ1n) is 8.08. The van der Waals surface area contributed by atoms with Crippen molar-refractivity contribution in [3.8, 4) is 0 Å². The van der Waals surface area contributed by atoms with Crippen molar-refractivity contribution in [3.05, 3.63) is 34.5 Å². The molecule has 1 aliphatic heterocycles. The van der Waals surface area contributed by atoms with Gasteiger partial charge in [0, 0.05) is 25.8 Å². The van der Waals surface area contributed by atoms with Crippen LogP contribution in [0.5, 0.6) is 0 Å². The minimum Gasteiger partial charge on any atom is -0.375 e. The molecular formula is C16H21N5O2S. The lowest BCUT2D eigenvalue weighted by Gasteiger charge is -2.32. The summed E-state index contributed by atoms with van der Waals surface area (Å²) in [6.07, 6.45) is 2.73. The van der Waals surface area contributed by atoms with Gasteiger partial charge in [0.25, 0.3) is 5.91 Å². The number of hydrogen-bond acceptors (Lipinski definition) is 7. The fourth-order valence-electron chi connectivity index (χ4n) is 2.61. The Morgan fingerprint density at radius 3 is 3.08 bits per heavy atom. The van der Waals surface area contributed by atoms with Gasteiger partial charge >= 0.3 is 0 Å². The quantitative estimate of drug-likeness (QED) is 0.886. The van der Waals surface area contributed by atoms with Crippen LogP contribution in [0.15, 0.2) is 18.3 Å². The summed E-state index contributed by atoms with van der Waals surface area (Å²) in [5.74, 6) is 0.813. The summed E-state index contributed by atoms with van der Waals surface area (Å²) in [6, 6.07) is 3.99. The van der Waals surface area contributed by atoms with Gasteiger partial charge in [-0.15, -0.1) is 5.10 Å². The molecule has 0 spiro atoms. The summed E-state index contributed by atoms with van der Waals surface area (Å²) in [6.45, 7) is 6.89. The monoisotopic (exact) mass is 347 g/mol. The van der Waals surface area contributed by atoms with Crippen molar-refractivity contribution in [1.29, 1.82) is 0 Å². The Labute approximate surface area is 145 Å². The largest absolute Gasteiger partial charge is 0.375 e. The third-order valence-corrected chi connectivity index (χ3v) is 4.69.